The fraction of sp³-hybridized carbons (Fsp3) is 0.842. The molecular formula is C19H31N3O3. The van der Waals surface area contributed by atoms with Gasteiger partial charge in [-0.25, -0.2) is 4.79 Å². The second-order valence-electron chi connectivity index (χ2n) is 8.17. The highest BCUT2D eigenvalue weighted by molar-refractivity contribution is 6.07. The van der Waals surface area contributed by atoms with Crippen molar-refractivity contribution in [3.8, 4) is 0 Å². The predicted octanol–water partition coefficient (Wildman–Crippen LogP) is 2.67. The van der Waals surface area contributed by atoms with E-state index in [9.17, 15) is 14.4 Å². The molecule has 1 N–H and O–H groups in total. The van der Waals surface area contributed by atoms with Gasteiger partial charge in [0, 0.05) is 25.6 Å². The molecule has 25 heavy (non-hydrogen) atoms. The van der Waals surface area contributed by atoms with Gasteiger partial charge in [0.15, 0.2) is 0 Å². The Morgan fingerprint density at radius 2 is 1.92 bits per heavy atom. The maximum absolute atomic E-state index is 12.6. The third-order valence-electron chi connectivity index (χ3n) is 6.11. The van der Waals surface area contributed by atoms with Crippen LogP contribution in [0.3, 0.4) is 0 Å². The highest BCUT2D eigenvalue weighted by Gasteiger charge is 2.52. The molecule has 140 valence electrons. The summed E-state index contributed by atoms with van der Waals surface area (Å²) in [6.07, 6.45) is 7.78. The molecule has 1 spiro atoms. The Morgan fingerprint density at radius 3 is 2.60 bits per heavy atom. The molecule has 1 aliphatic carbocycles. The normalized spacial score (nSPS) is 26.0. The zero-order valence-electron chi connectivity index (χ0n) is 15.6. The van der Waals surface area contributed by atoms with Gasteiger partial charge in [0.25, 0.3) is 5.91 Å². The van der Waals surface area contributed by atoms with E-state index in [0.717, 1.165) is 45.1 Å². The molecule has 1 saturated carbocycles. The van der Waals surface area contributed by atoms with E-state index >= 15 is 0 Å². The van der Waals surface area contributed by atoms with Gasteiger partial charge in [0.05, 0.1) is 0 Å². The van der Waals surface area contributed by atoms with Crippen molar-refractivity contribution in [3.05, 3.63) is 0 Å². The van der Waals surface area contributed by atoms with Crippen LogP contribution >= 0.6 is 0 Å². The zero-order valence-corrected chi connectivity index (χ0v) is 15.6. The predicted molar refractivity (Wildman–Crippen MR) is 94.9 cm³/mol. The van der Waals surface area contributed by atoms with Crippen molar-refractivity contribution < 1.29 is 14.4 Å². The van der Waals surface area contributed by atoms with E-state index < -0.39 is 5.54 Å². The van der Waals surface area contributed by atoms with Gasteiger partial charge in [-0.3, -0.25) is 14.5 Å². The lowest BCUT2D eigenvalue weighted by molar-refractivity contribution is -0.137. The molecule has 3 fully saturated rings. The summed E-state index contributed by atoms with van der Waals surface area (Å²) < 4.78 is 0. The van der Waals surface area contributed by atoms with Crippen molar-refractivity contribution in [3.63, 3.8) is 0 Å². The van der Waals surface area contributed by atoms with E-state index in [0.29, 0.717) is 31.3 Å². The maximum Gasteiger partial charge on any atom is 0.325 e. The van der Waals surface area contributed by atoms with Gasteiger partial charge >= 0.3 is 6.03 Å². The fourth-order valence-electron chi connectivity index (χ4n) is 4.69. The highest BCUT2D eigenvalue weighted by atomic mass is 16.2. The number of hydrogen-bond donors (Lipinski definition) is 1. The minimum atomic E-state index is -0.642. The Kier molecular flexibility index (Phi) is 5.35. The number of carbonyl (C=O) groups excluding carboxylic acids is 3. The van der Waals surface area contributed by atoms with Gasteiger partial charge < -0.3 is 10.2 Å². The molecule has 3 rings (SSSR count). The SMILES string of the molecule is CC(C)C1CCCCN1C(=O)CCCN1C(=O)NC2(CCCC2)C1=O. The zero-order chi connectivity index (χ0) is 18.0. The monoisotopic (exact) mass is 349 g/mol. The van der Waals surface area contributed by atoms with Gasteiger partial charge in [-0.2, -0.15) is 0 Å². The maximum atomic E-state index is 12.6. The molecule has 0 bridgehead atoms. The summed E-state index contributed by atoms with van der Waals surface area (Å²) >= 11 is 0. The number of amides is 4. The van der Waals surface area contributed by atoms with Crippen molar-refractivity contribution in [2.24, 2.45) is 5.92 Å². The molecule has 2 heterocycles. The standard InChI is InChI=1S/C19H31N3O3/c1-14(2)15-8-3-6-12-21(15)16(23)9-7-13-22-17(24)19(20-18(22)25)10-4-5-11-19/h14-15H,3-13H2,1-2H3,(H,20,25). The van der Waals surface area contributed by atoms with E-state index in [4.69, 9.17) is 0 Å². The molecule has 2 saturated heterocycles. The number of piperidine rings is 1. The highest BCUT2D eigenvalue weighted by Crippen LogP contribution is 2.35. The quantitative estimate of drug-likeness (QED) is 0.776. The Balaban J connectivity index is 1.51. The molecule has 6 heteroatoms. The number of rotatable bonds is 5. The van der Waals surface area contributed by atoms with E-state index in [2.05, 4.69) is 19.2 Å². The lowest BCUT2D eigenvalue weighted by Crippen LogP contribution is -2.46. The second-order valence-corrected chi connectivity index (χ2v) is 8.17. The van der Waals surface area contributed by atoms with Crippen LogP contribution < -0.4 is 5.32 Å². The summed E-state index contributed by atoms with van der Waals surface area (Å²) in [5.74, 6) is 0.555. The van der Waals surface area contributed by atoms with Crippen LogP contribution in [0.25, 0.3) is 0 Å². The number of likely N-dealkylation sites (tertiary alicyclic amines) is 1. The number of urea groups is 1. The summed E-state index contributed by atoms with van der Waals surface area (Å²) in [6.45, 7) is 5.53. The van der Waals surface area contributed by atoms with Gasteiger partial charge in [-0.05, 0) is 44.4 Å². The van der Waals surface area contributed by atoms with E-state index in [1.165, 1.54) is 11.3 Å². The summed E-state index contributed by atoms with van der Waals surface area (Å²) in [5, 5.41) is 2.89. The van der Waals surface area contributed by atoms with Crippen LogP contribution in [0.4, 0.5) is 4.79 Å². The van der Waals surface area contributed by atoms with Gasteiger partial charge in [-0.15, -0.1) is 0 Å². The first-order chi connectivity index (χ1) is 11.9. The second kappa shape index (κ2) is 7.34. The third-order valence-corrected chi connectivity index (χ3v) is 6.11. The van der Waals surface area contributed by atoms with Crippen LogP contribution in [0, 0.1) is 5.92 Å². The molecule has 0 aromatic rings. The van der Waals surface area contributed by atoms with Crippen molar-refractivity contribution in [1.82, 2.24) is 15.1 Å². The van der Waals surface area contributed by atoms with Crippen molar-refractivity contribution in [2.45, 2.75) is 83.2 Å². The molecular weight excluding hydrogens is 318 g/mol. The van der Waals surface area contributed by atoms with Crippen molar-refractivity contribution >= 4 is 17.8 Å². The molecule has 3 aliphatic rings. The average Bonchev–Trinajstić information content (AvgIpc) is 3.15. The minimum absolute atomic E-state index is 0.0829. The minimum Gasteiger partial charge on any atom is -0.339 e. The topological polar surface area (TPSA) is 69.7 Å². The molecule has 2 aliphatic heterocycles. The lowest BCUT2D eigenvalue weighted by atomic mass is 9.92. The smallest absolute Gasteiger partial charge is 0.325 e. The Bertz CT molecular complexity index is 540. The largest absolute Gasteiger partial charge is 0.339 e. The van der Waals surface area contributed by atoms with E-state index in [1.54, 1.807) is 0 Å². The molecule has 0 radical (unpaired) electrons. The lowest BCUT2D eigenvalue weighted by Gasteiger charge is -2.38. The molecule has 1 unspecified atom stereocenters. The van der Waals surface area contributed by atoms with Crippen LogP contribution in [0.15, 0.2) is 0 Å². The molecule has 6 nitrogen and oxygen atoms in total. The molecule has 4 amide bonds. The first kappa shape index (κ1) is 18.2. The summed E-state index contributed by atoms with van der Waals surface area (Å²) in [6, 6.07) is 0.0529. The van der Waals surface area contributed by atoms with Crippen LogP contribution in [-0.4, -0.2) is 52.3 Å². The van der Waals surface area contributed by atoms with Gasteiger partial charge in [0.1, 0.15) is 5.54 Å². The average molecular weight is 349 g/mol. The number of imide groups is 1. The molecule has 0 aromatic carbocycles. The Labute approximate surface area is 150 Å². The Morgan fingerprint density at radius 1 is 1.20 bits per heavy atom. The van der Waals surface area contributed by atoms with E-state index in [1.807, 2.05) is 4.90 Å². The van der Waals surface area contributed by atoms with Gasteiger partial charge in [-0.1, -0.05) is 26.7 Å². The summed E-state index contributed by atoms with van der Waals surface area (Å²) in [7, 11) is 0. The number of carbonyl (C=O) groups is 3. The number of nitrogens with zero attached hydrogens (tertiary/aromatic N) is 2. The fourth-order valence-corrected chi connectivity index (χ4v) is 4.69. The summed E-state index contributed by atoms with van der Waals surface area (Å²) in [4.78, 5) is 40.7. The number of hydrogen-bond acceptors (Lipinski definition) is 3. The first-order valence-corrected chi connectivity index (χ1v) is 9.88. The molecule has 0 aromatic heterocycles. The van der Waals surface area contributed by atoms with Crippen LogP contribution in [0.5, 0.6) is 0 Å². The van der Waals surface area contributed by atoms with Gasteiger partial charge in [0.2, 0.25) is 5.91 Å². The number of nitrogens with one attached hydrogen (secondary N) is 1. The van der Waals surface area contributed by atoms with Crippen LogP contribution in [0.1, 0.15) is 71.6 Å². The first-order valence-electron chi connectivity index (χ1n) is 9.88. The Hall–Kier alpha value is -1.59. The molecule has 1 atom stereocenters. The van der Waals surface area contributed by atoms with Crippen molar-refractivity contribution in [2.75, 3.05) is 13.1 Å². The van der Waals surface area contributed by atoms with Crippen molar-refractivity contribution in [1.29, 1.82) is 0 Å². The third kappa shape index (κ3) is 3.53. The van der Waals surface area contributed by atoms with Crippen LogP contribution in [0.2, 0.25) is 0 Å². The van der Waals surface area contributed by atoms with E-state index in [-0.39, 0.29) is 17.8 Å². The van der Waals surface area contributed by atoms with Crippen LogP contribution in [-0.2, 0) is 9.59 Å². The summed E-state index contributed by atoms with van der Waals surface area (Å²) in [5.41, 5.74) is -0.642.